The molecule has 158 valence electrons. The third-order valence-electron chi connectivity index (χ3n) is 5.20. The minimum absolute atomic E-state index is 0.511. The number of hydrogen-bond acceptors (Lipinski definition) is 8. The van der Waals surface area contributed by atoms with Gasteiger partial charge in [0.1, 0.15) is 27.9 Å². The van der Waals surface area contributed by atoms with Crippen molar-refractivity contribution < 1.29 is 0 Å². The van der Waals surface area contributed by atoms with Crippen LogP contribution in [0.25, 0.3) is 32.7 Å². The summed E-state index contributed by atoms with van der Waals surface area (Å²) in [5.74, 6) is 1.70. The molecule has 0 aliphatic carbocycles. The summed E-state index contributed by atoms with van der Waals surface area (Å²) in [6.45, 7) is 4.13. The van der Waals surface area contributed by atoms with Crippen LogP contribution in [0.2, 0.25) is 0 Å². The van der Waals surface area contributed by atoms with Crippen LogP contribution in [0.5, 0.6) is 0 Å². The van der Waals surface area contributed by atoms with Crippen molar-refractivity contribution in [2.45, 2.75) is 24.8 Å². The molecule has 2 N–H and O–H groups in total. The van der Waals surface area contributed by atoms with E-state index in [1.54, 1.807) is 11.3 Å². The molecule has 0 bridgehead atoms. The van der Waals surface area contributed by atoms with Crippen LogP contribution in [0.4, 0.5) is 5.82 Å². The van der Waals surface area contributed by atoms with Crippen molar-refractivity contribution in [2.24, 2.45) is 0 Å². The van der Waals surface area contributed by atoms with Gasteiger partial charge in [-0.3, -0.25) is 0 Å². The number of thiophene rings is 1. The number of anilines is 1. The van der Waals surface area contributed by atoms with Crippen LogP contribution in [0.3, 0.4) is 0 Å². The Labute approximate surface area is 194 Å². The zero-order valence-electron chi connectivity index (χ0n) is 17.6. The van der Waals surface area contributed by atoms with E-state index >= 15 is 0 Å². The average molecular weight is 457 g/mol. The molecule has 0 radical (unpaired) electrons. The second-order valence-corrected chi connectivity index (χ2v) is 9.45. The van der Waals surface area contributed by atoms with Crippen LogP contribution in [-0.4, -0.2) is 25.1 Å². The van der Waals surface area contributed by atoms with E-state index in [1.165, 1.54) is 16.6 Å². The van der Waals surface area contributed by atoms with E-state index in [-0.39, 0.29) is 0 Å². The first-order valence-electron chi connectivity index (χ1n) is 10.1. The van der Waals surface area contributed by atoms with Crippen molar-refractivity contribution in [3.63, 3.8) is 0 Å². The minimum atomic E-state index is 0.511. The highest BCUT2D eigenvalue weighted by Gasteiger charge is 2.16. The molecule has 3 aromatic heterocycles. The van der Waals surface area contributed by atoms with E-state index in [4.69, 9.17) is 15.7 Å². The summed E-state index contributed by atoms with van der Waals surface area (Å²) in [5.41, 5.74) is 10.9. The Balaban J connectivity index is 1.48. The monoisotopic (exact) mass is 456 g/mol. The molecule has 2 aromatic carbocycles. The summed E-state index contributed by atoms with van der Waals surface area (Å²) in [6.07, 6.45) is 0. The fourth-order valence-electron chi connectivity index (χ4n) is 3.48. The smallest absolute Gasteiger partial charge is 0.210 e. The highest BCUT2D eigenvalue weighted by atomic mass is 32.2. The van der Waals surface area contributed by atoms with Gasteiger partial charge in [-0.05, 0) is 19.4 Å². The van der Waals surface area contributed by atoms with E-state index in [1.807, 2.05) is 60.7 Å². The van der Waals surface area contributed by atoms with Gasteiger partial charge < -0.3 is 5.73 Å². The number of benzene rings is 2. The number of thioether (sulfide) groups is 1. The quantitative estimate of drug-likeness (QED) is 0.339. The van der Waals surface area contributed by atoms with Gasteiger partial charge in [0.15, 0.2) is 0 Å². The maximum absolute atomic E-state index is 6.23. The molecular formula is C24H20N6S2. The predicted molar refractivity (Wildman–Crippen MR) is 132 cm³/mol. The highest BCUT2D eigenvalue weighted by molar-refractivity contribution is 7.98. The lowest BCUT2D eigenvalue weighted by Crippen LogP contribution is -2.01. The van der Waals surface area contributed by atoms with Crippen LogP contribution in [-0.2, 0) is 5.75 Å². The summed E-state index contributed by atoms with van der Waals surface area (Å²) in [5, 5.41) is 10.4. The molecule has 5 aromatic rings. The predicted octanol–water partition coefficient (Wildman–Crippen LogP) is 5.70. The first-order chi connectivity index (χ1) is 15.6. The van der Waals surface area contributed by atoms with Crippen LogP contribution in [0, 0.1) is 13.8 Å². The van der Waals surface area contributed by atoms with Gasteiger partial charge >= 0.3 is 0 Å². The zero-order valence-corrected chi connectivity index (χ0v) is 19.2. The number of fused-ring (bicyclic) bond motifs is 1. The lowest BCUT2D eigenvalue weighted by atomic mass is 10.0. The van der Waals surface area contributed by atoms with Crippen molar-refractivity contribution in [1.29, 1.82) is 0 Å². The molecule has 5 rings (SSSR count). The molecule has 32 heavy (non-hydrogen) atoms. The third-order valence-corrected chi connectivity index (χ3v) is 7.13. The standard InChI is InChI=1S/C24H20N6S2/c1-14-15(2)32-23-19(14)22(25)26-18(27-23)13-31-24-28-20(16-9-5-3-6-10-16)21(29-30-24)17-11-7-4-8-12-17/h3-12H,13H2,1-2H3,(H2,25,26,27). The van der Waals surface area contributed by atoms with Gasteiger partial charge in [0, 0.05) is 16.0 Å². The molecule has 3 heterocycles. The van der Waals surface area contributed by atoms with E-state index in [2.05, 4.69) is 29.0 Å². The Morgan fingerprint density at radius 3 is 2.16 bits per heavy atom. The number of rotatable bonds is 5. The largest absolute Gasteiger partial charge is 0.383 e. The van der Waals surface area contributed by atoms with E-state index < -0.39 is 0 Å². The maximum atomic E-state index is 6.23. The van der Waals surface area contributed by atoms with Gasteiger partial charge in [-0.15, -0.1) is 21.5 Å². The molecule has 0 fully saturated rings. The van der Waals surface area contributed by atoms with Gasteiger partial charge in [-0.25, -0.2) is 15.0 Å². The molecule has 0 saturated carbocycles. The molecule has 0 aliphatic heterocycles. The van der Waals surface area contributed by atoms with Crippen molar-refractivity contribution in [3.05, 3.63) is 76.9 Å². The minimum Gasteiger partial charge on any atom is -0.383 e. The first-order valence-corrected chi connectivity index (χ1v) is 11.9. The topological polar surface area (TPSA) is 90.5 Å². The molecule has 8 heteroatoms. The van der Waals surface area contributed by atoms with Crippen molar-refractivity contribution in [3.8, 4) is 22.5 Å². The number of hydrogen-bond donors (Lipinski definition) is 1. The lowest BCUT2D eigenvalue weighted by molar-refractivity contribution is 0.848. The summed E-state index contributed by atoms with van der Waals surface area (Å²) in [6, 6.07) is 20.0. The molecular weight excluding hydrogens is 436 g/mol. The molecule has 0 aliphatic rings. The SMILES string of the molecule is Cc1sc2nc(CSc3nnc(-c4ccccc4)c(-c4ccccc4)n3)nc(N)c2c1C. The Bertz CT molecular complexity index is 1400. The van der Waals surface area contributed by atoms with Gasteiger partial charge in [0.2, 0.25) is 5.16 Å². The number of nitrogen functional groups attached to an aromatic ring is 1. The Morgan fingerprint density at radius 1 is 0.812 bits per heavy atom. The molecule has 0 saturated heterocycles. The van der Waals surface area contributed by atoms with E-state index in [9.17, 15) is 0 Å². The van der Waals surface area contributed by atoms with Crippen LogP contribution in [0.15, 0.2) is 65.8 Å². The summed E-state index contributed by atoms with van der Waals surface area (Å²) >= 11 is 3.10. The molecule has 6 nitrogen and oxygen atoms in total. The lowest BCUT2D eigenvalue weighted by Gasteiger charge is -2.09. The van der Waals surface area contributed by atoms with E-state index in [0.717, 1.165) is 38.3 Å². The second kappa shape index (κ2) is 8.64. The Morgan fingerprint density at radius 2 is 1.47 bits per heavy atom. The zero-order chi connectivity index (χ0) is 22.1. The van der Waals surface area contributed by atoms with Gasteiger partial charge in [0.25, 0.3) is 0 Å². The summed E-state index contributed by atoms with van der Waals surface area (Å²) in [4.78, 5) is 16.2. The molecule has 0 atom stereocenters. The fourth-order valence-corrected chi connectivity index (χ4v) is 5.18. The number of nitrogens with zero attached hydrogens (tertiary/aromatic N) is 5. The van der Waals surface area contributed by atoms with Crippen molar-refractivity contribution in [2.75, 3.05) is 5.73 Å². The second-order valence-electron chi connectivity index (χ2n) is 7.30. The number of aryl methyl sites for hydroxylation is 2. The highest BCUT2D eigenvalue weighted by Crippen LogP contribution is 2.33. The van der Waals surface area contributed by atoms with Crippen LogP contribution in [0.1, 0.15) is 16.3 Å². The normalized spacial score (nSPS) is 11.2. The molecule has 0 amide bonds. The van der Waals surface area contributed by atoms with Crippen LogP contribution >= 0.6 is 23.1 Å². The van der Waals surface area contributed by atoms with E-state index in [0.29, 0.717) is 22.6 Å². The van der Waals surface area contributed by atoms with Gasteiger partial charge in [-0.1, -0.05) is 72.4 Å². The first kappa shape index (κ1) is 20.5. The molecule has 0 unspecified atom stereocenters. The fraction of sp³-hybridized carbons (Fsp3) is 0.125. The number of aromatic nitrogens is 5. The Hall–Kier alpha value is -3.36. The molecule has 0 spiro atoms. The number of nitrogens with two attached hydrogens (primary N) is 1. The Kier molecular flexibility index (Phi) is 5.55. The average Bonchev–Trinajstić information content (AvgIpc) is 3.12. The summed E-state index contributed by atoms with van der Waals surface area (Å²) < 4.78 is 0. The maximum Gasteiger partial charge on any atom is 0.210 e. The van der Waals surface area contributed by atoms with Crippen LogP contribution < -0.4 is 5.73 Å². The van der Waals surface area contributed by atoms with Gasteiger partial charge in [0.05, 0.1) is 11.1 Å². The van der Waals surface area contributed by atoms with Gasteiger partial charge in [-0.2, -0.15) is 0 Å². The van der Waals surface area contributed by atoms with Crippen molar-refractivity contribution in [1.82, 2.24) is 25.1 Å². The third kappa shape index (κ3) is 3.94. The van der Waals surface area contributed by atoms with Crippen molar-refractivity contribution >= 4 is 39.1 Å². The summed E-state index contributed by atoms with van der Waals surface area (Å²) in [7, 11) is 0.